The lowest BCUT2D eigenvalue weighted by Crippen LogP contribution is -2.04. The van der Waals surface area contributed by atoms with Crippen molar-refractivity contribution in [1.82, 2.24) is 4.57 Å². The lowest BCUT2D eigenvalue weighted by molar-refractivity contribution is 0.669. The number of furan rings is 1. The minimum atomic E-state index is 0.902. The zero-order valence-electron chi connectivity index (χ0n) is 27.1. The lowest BCUT2D eigenvalue weighted by atomic mass is 9.79. The largest absolute Gasteiger partial charge is 0.456 e. The Morgan fingerprint density at radius 1 is 0.320 bits per heavy atom. The summed E-state index contributed by atoms with van der Waals surface area (Å²) in [4.78, 5) is 0. The van der Waals surface area contributed by atoms with Gasteiger partial charge in [-0.2, -0.15) is 0 Å². The van der Waals surface area contributed by atoms with Gasteiger partial charge in [0.15, 0.2) is 0 Å². The second-order valence-corrected chi connectivity index (χ2v) is 13.2. The van der Waals surface area contributed by atoms with Crippen molar-refractivity contribution in [1.29, 1.82) is 0 Å². The molecule has 0 radical (unpaired) electrons. The van der Waals surface area contributed by atoms with Gasteiger partial charge in [0.2, 0.25) is 0 Å². The van der Waals surface area contributed by atoms with Gasteiger partial charge < -0.3 is 8.98 Å². The molecule has 2 heterocycles. The van der Waals surface area contributed by atoms with Crippen molar-refractivity contribution in [3.05, 3.63) is 176 Å². The summed E-state index contributed by atoms with van der Waals surface area (Å²) in [5.41, 5.74) is 17.5. The Balaban J connectivity index is 1.33. The molecule has 0 saturated heterocycles. The maximum Gasteiger partial charge on any atom is 0.135 e. The van der Waals surface area contributed by atoms with Crippen molar-refractivity contribution in [2.75, 3.05) is 0 Å². The number of aromatic nitrogens is 1. The van der Waals surface area contributed by atoms with Gasteiger partial charge in [0.05, 0.1) is 16.7 Å². The topological polar surface area (TPSA) is 18.1 Å². The molecule has 2 heteroatoms. The van der Waals surface area contributed by atoms with Crippen molar-refractivity contribution in [3.8, 4) is 61.3 Å². The quantitative estimate of drug-likeness (QED) is 0.185. The standard InChI is InChI=1S/C48H29NO/c1-2-14-33-32(13-1)34-15-3-4-17-36(34)42-28-31(30-25-26-47-41(27-30)39-20-9-12-24-46(39)50-47)29-45(48(42)40-21-6-5-16-35(33)40)49-43-22-10-7-18-37(43)38-19-8-11-23-44(38)49/h1-29H. The molecule has 1 aliphatic carbocycles. The number of hydrogen-bond acceptors (Lipinski definition) is 1. The van der Waals surface area contributed by atoms with E-state index < -0.39 is 0 Å². The first-order valence-corrected chi connectivity index (χ1v) is 17.2. The first kappa shape index (κ1) is 27.3. The molecule has 232 valence electrons. The molecule has 50 heavy (non-hydrogen) atoms. The molecular weight excluding hydrogens is 607 g/mol. The third-order valence-corrected chi connectivity index (χ3v) is 10.6. The maximum atomic E-state index is 6.26. The van der Waals surface area contributed by atoms with Crippen LogP contribution in [0.15, 0.2) is 180 Å². The molecule has 8 aromatic carbocycles. The zero-order valence-corrected chi connectivity index (χ0v) is 27.1. The number of nitrogens with zero attached hydrogens (tertiary/aromatic N) is 1. The van der Waals surface area contributed by atoms with E-state index in [1.165, 1.54) is 66.3 Å². The summed E-state index contributed by atoms with van der Waals surface area (Å²) in [5.74, 6) is 0. The van der Waals surface area contributed by atoms with Crippen LogP contribution in [0.1, 0.15) is 0 Å². The van der Waals surface area contributed by atoms with E-state index in [9.17, 15) is 0 Å². The van der Waals surface area contributed by atoms with Gasteiger partial charge in [-0.1, -0.05) is 133 Å². The number of rotatable bonds is 2. The molecule has 0 N–H and O–H groups in total. The summed E-state index contributed by atoms with van der Waals surface area (Å²) in [5, 5.41) is 4.76. The van der Waals surface area contributed by atoms with Crippen LogP contribution in [0.5, 0.6) is 0 Å². The molecule has 1 aliphatic rings. The van der Waals surface area contributed by atoms with Crippen LogP contribution in [-0.4, -0.2) is 4.57 Å². The molecule has 10 aromatic rings. The molecule has 0 aliphatic heterocycles. The number of fused-ring (bicyclic) bond motifs is 14. The van der Waals surface area contributed by atoms with E-state index in [0.717, 1.165) is 38.8 Å². The van der Waals surface area contributed by atoms with Crippen molar-refractivity contribution >= 4 is 43.7 Å². The minimum Gasteiger partial charge on any atom is -0.456 e. The Kier molecular flexibility index (Phi) is 5.70. The predicted octanol–water partition coefficient (Wildman–Crippen LogP) is 13.3. The second-order valence-electron chi connectivity index (χ2n) is 13.2. The van der Waals surface area contributed by atoms with Crippen LogP contribution < -0.4 is 0 Å². The Morgan fingerprint density at radius 2 is 0.800 bits per heavy atom. The summed E-state index contributed by atoms with van der Waals surface area (Å²) >= 11 is 0. The van der Waals surface area contributed by atoms with Crippen LogP contribution in [0.25, 0.3) is 105 Å². The highest BCUT2D eigenvalue weighted by atomic mass is 16.3. The third-order valence-electron chi connectivity index (χ3n) is 10.6. The fourth-order valence-electron chi connectivity index (χ4n) is 8.39. The van der Waals surface area contributed by atoms with Gasteiger partial charge in [-0.25, -0.2) is 0 Å². The molecule has 0 unspecified atom stereocenters. The number of benzene rings is 8. The van der Waals surface area contributed by atoms with Crippen molar-refractivity contribution in [2.24, 2.45) is 0 Å². The van der Waals surface area contributed by atoms with E-state index in [0.29, 0.717) is 0 Å². The molecule has 0 spiro atoms. The summed E-state index contributed by atoms with van der Waals surface area (Å²) in [6.07, 6.45) is 0. The van der Waals surface area contributed by atoms with Crippen molar-refractivity contribution in [3.63, 3.8) is 0 Å². The van der Waals surface area contributed by atoms with Gasteiger partial charge in [0, 0.05) is 27.1 Å². The van der Waals surface area contributed by atoms with E-state index >= 15 is 0 Å². The van der Waals surface area contributed by atoms with Crippen molar-refractivity contribution < 1.29 is 4.42 Å². The third kappa shape index (κ3) is 3.85. The smallest absolute Gasteiger partial charge is 0.135 e. The molecule has 2 aromatic heterocycles. The highest BCUT2D eigenvalue weighted by Crippen LogP contribution is 2.51. The fourth-order valence-corrected chi connectivity index (χ4v) is 8.39. The van der Waals surface area contributed by atoms with E-state index in [1.54, 1.807) is 0 Å². The van der Waals surface area contributed by atoms with Gasteiger partial charge in [-0.3, -0.25) is 0 Å². The predicted molar refractivity (Wildman–Crippen MR) is 209 cm³/mol. The highest BCUT2D eigenvalue weighted by molar-refractivity contribution is 6.13. The number of para-hydroxylation sites is 3. The van der Waals surface area contributed by atoms with Gasteiger partial charge in [0.25, 0.3) is 0 Å². The van der Waals surface area contributed by atoms with E-state index in [2.05, 4.69) is 168 Å². The summed E-state index contributed by atoms with van der Waals surface area (Å²) < 4.78 is 8.75. The Bertz CT molecular complexity index is 2940. The SMILES string of the molecule is c1ccc2c(c1)-c1ccccc1-c1cc(-c3ccc4oc5ccccc5c4c3)cc(-n3c4ccccc4c4ccccc43)c1-c1ccccc1-2. The molecule has 0 bridgehead atoms. The molecule has 0 fully saturated rings. The normalized spacial score (nSPS) is 12.0. The summed E-state index contributed by atoms with van der Waals surface area (Å²) in [6, 6.07) is 64.1. The molecule has 0 saturated carbocycles. The first-order valence-electron chi connectivity index (χ1n) is 17.2. The number of hydrogen-bond donors (Lipinski definition) is 0. The highest BCUT2D eigenvalue weighted by Gasteiger charge is 2.26. The Morgan fingerprint density at radius 3 is 1.44 bits per heavy atom. The molecule has 0 atom stereocenters. The van der Waals surface area contributed by atoms with E-state index in [4.69, 9.17) is 4.42 Å². The minimum absolute atomic E-state index is 0.902. The van der Waals surface area contributed by atoms with Gasteiger partial charge in [-0.05, 0) is 92.5 Å². The van der Waals surface area contributed by atoms with E-state index in [1.807, 2.05) is 12.1 Å². The summed E-state index contributed by atoms with van der Waals surface area (Å²) in [7, 11) is 0. The lowest BCUT2D eigenvalue weighted by Gasteiger charge is -2.26. The van der Waals surface area contributed by atoms with Crippen LogP contribution in [0.2, 0.25) is 0 Å². The molecular formula is C48H29NO. The fraction of sp³-hybridized carbons (Fsp3) is 0. The van der Waals surface area contributed by atoms with Crippen molar-refractivity contribution in [2.45, 2.75) is 0 Å². The average Bonchev–Trinajstić information content (AvgIpc) is 3.72. The zero-order chi connectivity index (χ0) is 32.8. The summed E-state index contributed by atoms with van der Waals surface area (Å²) in [6.45, 7) is 0. The monoisotopic (exact) mass is 635 g/mol. The first-order chi connectivity index (χ1) is 24.8. The van der Waals surface area contributed by atoms with Crippen LogP contribution in [0.3, 0.4) is 0 Å². The van der Waals surface area contributed by atoms with Crippen LogP contribution in [0.4, 0.5) is 0 Å². The average molecular weight is 636 g/mol. The van der Waals surface area contributed by atoms with Crippen LogP contribution in [0, 0.1) is 0 Å². The molecule has 11 rings (SSSR count). The van der Waals surface area contributed by atoms with Gasteiger partial charge >= 0.3 is 0 Å². The molecule has 0 amide bonds. The molecule has 2 nitrogen and oxygen atoms in total. The van der Waals surface area contributed by atoms with Gasteiger partial charge in [0.1, 0.15) is 11.2 Å². The second kappa shape index (κ2) is 10.4. The Labute approximate surface area is 289 Å². The van der Waals surface area contributed by atoms with Crippen LogP contribution >= 0.6 is 0 Å². The van der Waals surface area contributed by atoms with E-state index in [-0.39, 0.29) is 0 Å². The Hall–Kier alpha value is -6.64. The maximum absolute atomic E-state index is 6.26. The van der Waals surface area contributed by atoms with Crippen LogP contribution in [-0.2, 0) is 0 Å². The van der Waals surface area contributed by atoms with Gasteiger partial charge in [-0.15, -0.1) is 0 Å².